The van der Waals surface area contributed by atoms with Crippen LogP contribution in [-0.4, -0.2) is 67.7 Å². The highest BCUT2D eigenvalue weighted by Gasteiger charge is 2.63. The Morgan fingerprint density at radius 1 is 0.419 bits per heavy atom. The smallest absolute Gasteiger partial charge is 0.104 e. The predicted molar refractivity (Wildman–Crippen MR) is 298 cm³/mol. The molecule has 12 fully saturated rings. The first kappa shape index (κ1) is 56.6. The third-order valence-electron chi connectivity index (χ3n) is 26.7. The summed E-state index contributed by atoms with van der Waals surface area (Å²) in [6.07, 6.45) is 22.5. The van der Waals surface area contributed by atoms with E-state index < -0.39 is 35.3 Å². The van der Waals surface area contributed by atoms with Gasteiger partial charge in [0.25, 0.3) is 0 Å². The lowest BCUT2D eigenvalue weighted by Gasteiger charge is -2.57. The van der Waals surface area contributed by atoms with Crippen molar-refractivity contribution in [1.82, 2.24) is 0 Å². The molecule has 0 radical (unpaired) electrons. The molecule has 12 rings (SSSR count). The quantitative estimate of drug-likeness (QED) is 0.163. The van der Waals surface area contributed by atoms with Crippen molar-refractivity contribution in [3.63, 3.8) is 0 Å². The first-order chi connectivity index (χ1) is 34.8. The Morgan fingerprint density at radius 3 is 1.01 bits per heavy atom. The number of alkyl halides is 4. The topological polar surface area (TPSA) is 80.9 Å². The molecule has 8 heteroatoms. The minimum Gasteiger partial charge on any atom is -0.392 e. The number of hydrogen-bond donors (Lipinski definition) is 4. The van der Waals surface area contributed by atoms with Gasteiger partial charge in [0, 0.05) is 5.33 Å². The predicted octanol–water partition coefficient (Wildman–Crippen LogP) is 15.9. The fraction of sp³-hybridized carbons (Fsp3) is 0.909. The molecule has 4 N–H and O–H groups in total. The van der Waals surface area contributed by atoms with Gasteiger partial charge in [-0.15, -0.1) is 0 Å². The van der Waals surface area contributed by atoms with E-state index in [4.69, 9.17) is 0 Å². The van der Waals surface area contributed by atoms with Crippen LogP contribution in [0.4, 0.5) is 13.2 Å². The Balaban J connectivity index is 0.000000127. The fourth-order valence-corrected chi connectivity index (χ4v) is 23.8. The van der Waals surface area contributed by atoms with Gasteiger partial charge in [-0.05, 0) is 310 Å². The van der Waals surface area contributed by atoms with Crippen molar-refractivity contribution in [3.8, 4) is 0 Å². The number of halogens is 4. The minimum atomic E-state index is -0.750. The molecule has 0 unspecified atom stereocenters. The Kier molecular flexibility index (Phi) is 15.8. The first-order valence-electron chi connectivity index (χ1n) is 31.0. The Bertz CT molecular complexity index is 1980. The third-order valence-corrected chi connectivity index (χ3v) is 27.4. The third kappa shape index (κ3) is 9.84. The van der Waals surface area contributed by atoms with Crippen LogP contribution < -0.4 is 0 Å². The van der Waals surface area contributed by atoms with Crippen molar-refractivity contribution in [2.24, 2.45) is 123 Å². The maximum Gasteiger partial charge on any atom is 0.104 e. The normalized spacial score (nSPS) is 55.7. The largest absolute Gasteiger partial charge is 0.392 e. The molecular formula is C66H104BrF3O4. The zero-order valence-electron chi connectivity index (χ0n) is 47.4. The standard InChI is InChI=1S/C22H34BrFO.C22H35FO2.C22H35FO/c1-13(12-23)18-4-5-19-16-10-20(24)17-11-21(2,25)8-6-15(17)14(16)7-9-22(18,19)3;1-13(12-24)18-4-5-19-16-10-20(23)17-11-21(2,25)8-6-15(17)14(16)7-9-22(18,19)3;1-13(2)18-5-6-19-16-11-20(23)17-12-21(3,24)9-7-15(17)14(16)8-10-22(18,19)4/h14-20,25H,1,4-12H2,2-3H3;14-20,24-25H,1,4-12H2,2-3H3;14-20,24H,1,5-12H2,2-4H3/t3*14-,15-,16-,17-,18-,19+,20-,21+,22-/m111/s1. The highest BCUT2D eigenvalue weighted by Crippen LogP contribution is 2.69. The summed E-state index contributed by atoms with van der Waals surface area (Å²) in [6, 6.07) is 0. The lowest BCUT2D eigenvalue weighted by Crippen LogP contribution is -2.54. The zero-order valence-corrected chi connectivity index (χ0v) is 49.0. The minimum absolute atomic E-state index is 0.0685. The molecule has 0 aliphatic heterocycles. The van der Waals surface area contributed by atoms with Crippen molar-refractivity contribution >= 4 is 15.9 Å². The van der Waals surface area contributed by atoms with E-state index in [9.17, 15) is 20.4 Å². The number of aliphatic hydroxyl groups is 4. The summed E-state index contributed by atoms with van der Waals surface area (Å²) in [4.78, 5) is 0. The van der Waals surface area contributed by atoms with Crippen LogP contribution in [0.25, 0.3) is 0 Å². The molecule has 12 saturated carbocycles. The van der Waals surface area contributed by atoms with Crippen LogP contribution in [0, 0.1) is 123 Å². The van der Waals surface area contributed by atoms with Crippen molar-refractivity contribution in [2.75, 3.05) is 11.9 Å². The van der Waals surface area contributed by atoms with Crippen LogP contribution in [0.5, 0.6) is 0 Å². The van der Waals surface area contributed by atoms with Gasteiger partial charge in [-0.25, -0.2) is 13.2 Å². The summed E-state index contributed by atoms with van der Waals surface area (Å²) in [5.74, 6) is 9.08. The number of hydrogen-bond acceptors (Lipinski definition) is 4. The molecule has 0 aromatic heterocycles. The summed E-state index contributed by atoms with van der Waals surface area (Å²) in [6.45, 7) is 28.1. The van der Waals surface area contributed by atoms with E-state index in [1.165, 1.54) is 81.8 Å². The van der Waals surface area contributed by atoms with E-state index in [0.717, 1.165) is 68.7 Å². The maximum atomic E-state index is 15.2. The second-order valence-corrected chi connectivity index (χ2v) is 31.3. The van der Waals surface area contributed by atoms with Gasteiger partial charge in [-0.3, -0.25) is 0 Å². The summed E-state index contributed by atoms with van der Waals surface area (Å²) >= 11 is 3.62. The van der Waals surface area contributed by atoms with Crippen LogP contribution in [-0.2, 0) is 0 Å². The molecule has 0 spiro atoms. The molecule has 27 atom stereocenters. The maximum absolute atomic E-state index is 15.2. The van der Waals surface area contributed by atoms with E-state index in [1.54, 1.807) is 0 Å². The van der Waals surface area contributed by atoms with Gasteiger partial charge < -0.3 is 20.4 Å². The summed E-state index contributed by atoms with van der Waals surface area (Å²) in [5, 5.41) is 41.8. The fourth-order valence-electron chi connectivity index (χ4n) is 23.4. The molecule has 0 bridgehead atoms. The highest BCUT2D eigenvalue weighted by molar-refractivity contribution is 9.09. The van der Waals surface area contributed by atoms with Crippen molar-refractivity contribution in [2.45, 2.75) is 238 Å². The Hall–Kier alpha value is -0.670. The molecule has 420 valence electrons. The lowest BCUT2D eigenvalue weighted by molar-refractivity contribution is -0.125. The Labute approximate surface area is 456 Å². The second kappa shape index (κ2) is 20.7. The van der Waals surface area contributed by atoms with Crippen molar-refractivity contribution in [1.29, 1.82) is 0 Å². The van der Waals surface area contributed by atoms with Gasteiger partial charge in [0.15, 0.2) is 0 Å². The van der Waals surface area contributed by atoms with Crippen LogP contribution in [0.1, 0.15) is 203 Å². The van der Waals surface area contributed by atoms with Gasteiger partial charge in [0.1, 0.15) is 18.5 Å². The summed E-state index contributed by atoms with van der Waals surface area (Å²) in [5.41, 5.74) is 2.63. The van der Waals surface area contributed by atoms with Gasteiger partial charge in [-0.1, -0.05) is 67.6 Å². The molecule has 12 aliphatic rings. The first-order valence-corrected chi connectivity index (χ1v) is 32.2. The highest BCUT2D eigenvalue weighted by atomic mass is 79.9. The van der Waals surface area contributed by atoms with E-state index in [2.05, 4.69) is 63.4 Å². The van der Waals surface area contributed by atoms with Gasteiger partial charge in [0.2, 0.25) is 0 Å². The molecule has 0 heterocycles. The van der Waals surface area contributed by atoms with Crippen LogP contribution in [0.3, 0.4) is 0 Å². The van der Waals surface area contributed by atoms with E-state index in [0.29, 0.717) is 125 Å². The second-order valence-electron chi connectivity index (χ2n) is 30.7. The number of allylic oxidation sites excluding steroid dienone is 2. The molecule has 0 saturated heterocycles. The molecule has 0 aromatic rings. The van der Waals surface area contributed by atoms with Crippen LogP contribution in [0.15, 0.2) is 36.5 Å². The summed E-state index contributed by atoms with van der Waals surface area (Å²) in [7, 11) is 0. The van der Waals surface area contributed by atoms with E-state index in [-0.39, 0.29) is 29.8 Å². The van der Waals surface area contributed by atoms with Crippen molar-refractivity contribution < 1.29 is 33.6 Å². The molecule has 74 heavy (non-hydrogen) atoms. The lowest BCUT2D eigenvalue weighted by atomic mass is 9.48. The SMILES string of the molecule is C=C(C)[C@H]1CC[C@H]2[C@@H]3C[C@@H](F)[C@@H]4C[C@@](C)(O)CC[C@@H]4[C@H]3CC[C@]12C.C=C(CBr)[C@H]1CC[C@H]2[C@@H]3C[C@@H](F)[C@@H]4C[C@@](C)(O)CC[C@@H]4[C@H]3CC[C@]12C.C=C(CO)[C@H]1CC[C@H]2[C@@H]3C[C@@H](F)[C@@H]4C[C@@](C)(O)CC[C@@H]4[C@H]3CC[C@]12C. The van der Waals surface area contributed by atoms with Crippen LogP contribution >= 0.6 is 15.9 Å². The number of rotatable bonds is 5. The van der Waals surface area contributed by atoms with Gasteiger partial charge in [-0.2, -0.15) is 0 Å². The number of fused-ring (bicyclic) bond motifs is 15. The molecule has 4 nitrogen and oxygen atoms in total. The molecule has 0 aromatic carbocycles. The molecule has 12 aliphatic carbocycles. The Morgan fingerprint density at radius 2 is 0.703 bits per heavy atom. The summed E-state index contributed by atoms with van der Waals surface area (Å²) < 4.78 is 45.5. The van der Waals surface area contributed by atoms with E-state index in [1.807, 2.05) is 20.8 Å². The van der Waals surface area contributed by atoms with Gasteiger partial charge in [0.05, 0.1) is 23.4 Å². The number of aliphatic hydroxyl groups excluding tert-OH is 1. The van der Waals surface area contributed by atoms with Gasteiger partial charge >= 0.3 is 0 Å². The van der Waals surface area contributed by atoms with Crippen molar-refractivity contribution in [3.05, 3.63) is 36.5 Å². The van der Waals surface area contributed by atoms with E-state index >= 15 is 13.2 Å². The zero-order chi connectivity index (χ0) is 53.2. The average molecular weight is 1100 g/mol. The monoisotopic (exact) mass is 1100 g/mol. The molecule has 0 amide bonds. The average Bonchev–Trinajstić information content (AvgIpc) is 4.01. The van der Waals surface area contributed by atoms with Crippen LogP contribution in [0.2, 0.25) is 0 Å². The molecular weight excluding hydrogens is 994 g/mol.